The highest BCUT2D eigenvalue weighted by molar-refractivity contribution is 5.98. The Kier molecular flexibility index (Phi) is 8.84. The summed E-state index contributed by atoms with van der Waals surface area (Å²) in [6.45, 7) is 3.99. The minimum absolute atomic E-state index is 0.0232. The van der Waals surface area contributed by atoms with E-state index in [0.717, 1.165) is 40.0 Å². The van der Waals surface area contributed by atoms with Crippen LogP contribution in [0.3, 0.4) is 0 Å². The van der Waals surface area contributed by atoms with Gasteiger partial charge in [0.25, 0.3) is 0 Å². The molecule has 0 aliphatic carbocycles. The molecule has 0 radical (unpaired) electrons. The van der Waals surface area contributed by atoms with Crippen LogP contribution < -0.4 is 10.1 Å². The summed E-state index contributed by atoms with van der Waals surface area (Å²) in [5.74, 6) is 0.782. The Balaban J connectivity index is 1.50. The predicted molar refractivity (Wildman–Crippen MR) is 149 cm³/mol. The normalized spacial score (nSPS) is 12.1. The van der Waals surface area contributed by atoms with Gasteiger partial charge in [-0.15, -0.1) is 0 Å². The van der Waals surface area contributed by atoms with Crippen molar-refractivity contribution in [3.05, 3.63) is 102 Å². The van der Waals surface area contributed by atoms with Crippen LogP contribution in [-0.4, -0.2) is 59.8 Å². The predicted octanol–water partition coefficient (Wildman–Crippen LogP) is 4.94. The Bertz CT molecular complexity index is 1370. The Morgan fingerprint density at radius 2 is 1.81 bits per heavy atom. The molecular formula is C30H33N5O2. The van der Waals surface area contributed by atoms with Gasteiger partial charge in [0, 0.05) is 38.8 Å². The third-order valence-electron chi connectivity index (χ3n) is 5.98. The van der Waals surface area contributed by atoms with Gasteiger partial charge in [-0.2, -0.15) is 5.10 Å². The molecule has 4 rings (SSSR count). The molecule has 0 aliphatic rings. The number of hydrogen-bond donors (Lipinski definition) is 2. The first-order valence-electron chi connectivity index (χ1n) is 12.5. The topological polar surface area (TPSA) is 83.1 Å². The van der Waals surface area contributed by atoms with Crippen LogP contribution in [0.2, 0.25) is 0 Å². The van der Waals surface area contributed by atoms with E-state index in [-0.39, 0.29) is 5.91 Å². The molecule has 0 unspecified atom stereocenters. The van der Waals surface area contributed by atoms with Gasteiger partial charge in [0.15, 0.2) is 0 Å². The standard InChI is InChI=1S/C30H33N5O2/c1-4-25(22-9-6-5-7-10-22)30(27-17-16-26-28(33-27)21-32-34-26)23-12-14-24(15-13-23)37-20-19-31-18-8-11-29(36)35(2)3/h5-17,21,31H,4,18-20H2,1-3H3,(H,32,34). The van der Waals surface area contributed by atoms with E-state index < -0.39 is 0 Å². The number of rotatable bonds is 11. The molecule has 0 aliphatic heterocycles. The summed E-state index contributed by atoms with van der Waals surface area (Å²) in [4.78, 5) is 18.0. The number of likely N-dealkylation sites (N-methyl/N-ethyl adjacent to an activating group) is 1. The summed E-state index contributed by atoms with van der Waals surface area (Å²) in [6, 6.07) is 22.7. The van der Waals surface area contributed by atoms with E-state index in [1.165, 1.54) is 11.1 Å². The third-order valence-corrected chi connectivity index (χ3v) is 5.98. The van der Waals surface area contributed by atoms with Crippen molar-refractivity contribution in [3.8, 4) is 5.75 Å². The number of pyridine rings is 1. The number of amides is 1. The van der Waals surface area contributed by atoms with E-state index in [4.69, 9.17) is 9.72 Å². The number of H-pyrrole nitrogens is 1. The van der Waals surface area contributed by atoms with Crippen molar-refractivity contribution in [1.82, 2.24) is 25.4 Å². The number of carbonyl (C=O) groups is 1. The fraction of sp³-hybridized carbons (Fsp3) is 0.233. The zero-order chi connectivity index (χ0) is 26.0. The van der Waals surface area contributed by atoms with Crippen molar-refractivity contribution in [2.45, 2.75) is 13.3 Å². The quantitative estimate of drug-likeness (QED) is 0.175. The summed E-state index contributed by atoms with van der Waals surface area (Å²) in [5, 5.41) is 10.4. The molecule has 0 fully saturated rings. The summed E-state index contributed by atoms with van der Waals surface area (Å²) >= 11 is 0. The lowest BCUT2D eigenvalue weighted by atomic mass is 9.90. The van der Waals surface area contributed by atoms with Crippen molar-refractivity contribution < 1.29 is 9.53 Å². The highest BCUT2D eigenvalue weighted by atomic mass is 16.5. The van der Waals surface area contributed by atoms with Crippen LogP contribution in [0, 0.1) is 0 Å². The molecule has 0 saturated carbocycles. The number of ether oxygens (including phenoxy) is 1. The van der Waals surface area contributed by atoms with Gasteiger partial charge in [-0.3, -0.25) is 9.89 Å². The molecule has 7 nitrogen and oxygen atoms in total. The maximum atomic E-state index is 11.5. The second-order valence-electron chi connectivity index (χ2n) is 8.78. The molecule has 2 aromatic heterocycles. The molecule has 190 valence electrons. The number of hydrogen-bond acceptors (Lipinski definition) is 5. The first-order chi connectivity index (χ1) is 18.1. The van der Waals surface area contributed by atoms with E-state index in [9.17, 15) is 4.79 Å². The number of benzene rings is 2. The maximum Gasteiger partial charge on any atom is 0.245 e. The van der Waals surface area contributed by atoms with Gasteiger partial charge < -0.3 is 15.0 Å². The van der Waals surface area contributed by atoms with Crippen LogP contribution in [0.1, 0.15) is 30.2 Å². The smallest absolute Gasteiger partial charge is 0.245 e. The van der Waals surface area contributed by atoms with E-state index >= 15 is 0 Å². The first kappa shape index (κ1) is 25.9. The summed E-state index contributed by atoms with van der Waals surface area (Å²) < 4.78 is 5.93. The number of aromatic nitrogens is 3. The molecule has 0 spiro atoms. The second-order valence-corrected chi connectivity index (χ2v) is 8.78. The minimum atomic E-state index is -0.0232. The number of fused-ring (bicyclic) bond motifs is 1. The van der Waals surface area contributed by atoms with Crippen LogP contribution in [-0.2, 0) is 4.79 Å². The maximum absolute atomic E-state index is 11.5. The third kappa shape index (κ3) is 6.71. The first-order valence-corrected chi connectivity index (χ1v) is 12.5. The van der Waals surface area contributed by atoms with E-state index in [1.54, 1.807) is 31.3 Å². The van der Waals surface area contributed by atoms with E-state index in [2.05, 4.69) is 58.8 Å². The number of nitrogens with zero attached hydrogens (tertiary/aromatic N) is 3. The SMILES string of the molecule is CCC(=C(c1ccc(OCCNCC=CC(=O)N(C)C)cc1)c1ccc2[nH]ncc2n1)c1ccccc1. The molecule has 0 bridgehead atoms. The van der Waals surface area contributed by atoms with Crippen LogP contribution in [0.5, 0.6) is 5.75 Å². The highest BCUT2D eigenvalue weighted by Gasteiger charge is 2.15. The molecule has 2 heterocycles. The van der Waals surface area contributed by atoms with Crippen LogP contribution in [0.4, 0.5) is 0 Å². The average Bonchev–Trinajstić information content (AvgIpc) is 3.40. The van der Waals surface area contributed by atoms with Crippen molar-refractivity contribution >= 4 is 28.1 Å². The van der Waals surface area contributed by atoms with Gasteiger partial charge in [0.2, 0.25) is 5.91 Å². The minimum Gasteiger partial charge on any atom is -0.492 e. The van der Waals surface area contributed by atoms with Gasteiger partial charge in [-0.05, 0) is 47.4 Å². The van der Waals surface area contributed by atoms with Gasteiger partial charge in [-0.1, -0.05) is 55.5 Å². The van der Waals surface area contributed by atoms with Crippen molar-refractivity contribution in [2.75, 3.05) is 33.8 Å². The highest BCUT2D eigenvalue weighted by Crippen LogP contribution is 2.34. The lowest BCUT2D eigenvalue weighted by Gasteiger charge is -2.16. The number of carbonyl (C=O) groups excluding carboxylic acids is 1. The fourth-order valence-corrected chi connectivity index (χ4v) is 4.06. The monoisotopic (exact) mass is 495 g/mol. The van der Waals surface area contributed by atoms with Gasteiger partial charge in [-0.25, -0.2) is 4.98 Å². The largest absolute Gasteiger partial charge is 0.492 e. The number of allylic oxidation sites excluding steroid dienone is 1. The van der Waals surface area contributed by atoms with Crippen molar-refractivity contribution in [2.24, 2.45) is 0 Å². The van der Waals surface area contributed by atoms with E-state index in [1.807, 2.05) is 36.4 Å². The number of nitrogens with one attached hydrogen (secondary N) is 2. The second kappa shape index (κ2) is 12.6. The molecule has 0 atom stereocenters. The Labute approximate surface area is 217 Å². The fourth-order valence-electron chi connectivity index (χ4n) is 4.06. The Morgan fingerprint density at radius 3 is 2.54 bits per heavy atom. The molecule has 4 aromatic rings. The summed E-state index contributed by atoms with van der Waals surface area (Å²) in [7, 11) is 3.47. The van der Waals surface area contributed by atoms with Crippen LogP contribution in [0.15, 0.2) is 85.1 Å². The summed E-state index contributed by atoms with van der Waals surface area (Å²) in [5.41, 5.74) is 7.26. The Hall–Kier alpha value is -4.23. The zero-order valence-electron chi connectivity index (χ0n) is 21.6. The van der Waals surface area contributed by atoms with Gasteiger partial charge in [0.05, 0.1) is 17.4 Å². The molecule has 2 N–H and O–H groups in total. The Morgan fingerprint density at radius 1 is 1.03 bits per heavy atom. The average molecular weight is 496 g/mol. The van der Waals surface area contributed by atoms with E-state index in [0.29, 0.717) is 19.7 Å². The molecule has 0 saturated heterocycles. The summed E-state index contributed by atoms with van der Waals surface area (Å²) in [6.07, 6.45) is 6.00. The van der Waals surface area contributed by atoms with Crippen LogP contribution >= 0.6 is 0 Å². The lowest BCUT2D eigenvalue weighted by Crippen LogP contribution is -2.22. The lowest BCUT2D eigenvalue weighted by molar-refractivity contribution is -0.123. The molecule has 2 aromatic carbocycles. The van der Waals surface area contributed by atoms with Gasteiger partial charge in [0.1, 0.15) is 17.9 Å². The van der Waals surface area contributed by atoms with Crippen LogP contribution in [0.25, 0.3) is 22.2 Å². The van der Waals surface area contributed by atoms with Gasteiger partial charge >= 0.3 is 0 Å². The van der Waals surface area contributed by atoms with Crippen molar-refractivity contribution in [1.29, 1.82) is 0 Å². The molecule has 7 heteroatoms. The molecular weight excluding hydrogens is 462 g/mol. The number of aromatic amines is 1. The molecule has 37 heavy (non-hydrogen) atoms. The molecule has 1 amide bonds. The zero-order valence-corrected chi connectivity index (χ0v) is 21.6. The van der Waals surface area contributed by atoms with Crippen molar-refractivity contribution in [3.63, 3.8) is 0 Å².